The van der Waals surface area contributed by atoms with Crippen LogP contribution in [-0.2, 0) is 0 Å². The van der Waals surface area contributed by atoms with Gasteiger partial charge in [-0.2, -0.15) is 0 Å². The first-order valence-corrected chi connectivity index (χ1v) is 10.1. The SMILES string of the molecule is CCN(CC)CC(Oc1ccccc1)C(=Cc1ccccc1)c1ccccc1. The Bertz CT molecular complexity index is 839. The molecule has 0 spiro atoms. The fourth-order valence-electron chi connectivity index (χ4n) is 3.30. The number of para-hydroxylation sites is 1. The molecule has 3 aromatic rings. The summed E-state index contributed by atoms with van der Waals surface area (Å²) in [6, 6.07) is 31.2. The minimum Gasteiger partial charge on any atom is -0.484 e. The van der Waals surface area contributed by atoms with Crippen molar-refractivity contribution in [2.75, 3.05) is 19.6 Å². The Labute approximate surface area is 169 Å². The molecule has 2 heteroatoms. The van der Waals surface area contributed by atoms with Crippen LogP contribution < -0.4 is 4.74 Å². The highest BCUT2D eigenvalue weighted by atomic mass is 16.5. The summed E-state index contributed by atoms with van der Waals surface area (Å²) in [5.74, 6) is 0.898. The van der Waals surface area contributed by atoms with E-state index in [-0.39, 0.29) is 6.10 Å². The second-order valence-corrected chi connectivity index (χ2v) is 6.78. The minimum atomic E-state index is -0.0649. The van der Waals surface area contributed by atoms with Crippen LogP contribution in [0.4, 0.5) is 0 Å². The Morgan fingerprint density at radius 3 is 1.89 bits per heavy atom. The molecular weight excluding hydrogens is 342 g/mol. The molecule has 0 saturated carbocycles. The third kappa shape index (κ3) is 5.58. The first-order chi connectivity index (χ1) is 13.8. The predicted octanol–water partition coefficient (Wildman–Crippen LogP) is 6.02. The Hall–Kier alpha value is -2.84. The zero-order chi connectivity index (χ0) is 19.6. The van der Waals surface area contributed by atoms with E-state index in [1.165, 1.54) is 16.7 Å². The second-order valence-electron chi connectivity index (χ2n) is 6.78. The summed E-state index contributed by atoms with van der Waals surface area (Å²) in [6.07, 6.45) is 2.19. The molecule has 0 aliphatic rings. The molecular formula is C26H29NO. The molecule has 0 heterocycles. The lowest BCUT2D eigenvalue weighted by atomic mass is 9.97. The van der Waals surface area contributed by atoms with Crippen LogP contribution in [0.3, 0.4) is 0 Å². The molecule has 28 heavy (non-hydrogen) atoms. The number of hydrogen-bond acceptors (Lipinski definition) is 2. The van der Waals surface area contributed by atoms with Gasteiger partial charge in [0, 0.05) is 12.1 Å². The highest BCUT2D eigenvalue weighted by molar-refractivity contribution is 5.84. The largest absolute Gasteiger partial charge is 0.484 e. The van der Waals surface area contributed by atoms with Gasteiger partial charge in [0.25, 0.3) is 0 Å². The van der Waals surface area contributed by atoms with Crippen LogP contribution >= 0.6 is 0 Å². The molecule has 0 aliphatic heterocycles. The van der Waals surface area contributed by atoms with Crippen LogP contribution in [0.2, 0.25) is 0 Å². The molecule has 0 radical (unpaired) electrons. The van der Waals surface area contributed by atoms with Crippen LogP contribution in [0.25, 0.3) is 11.6 Å². The van der Waals surface area contributed by atoms with E-state index in [0.717, 1.165) is 25.4 Å². The maximum Gasteiger partial charge on any atom is 0.137 e. The maximum atomic E-state index is 6.53. The van der Waals surface area contributed by atoms with E-state index < -0.39 is 0 Å². The van der Waals surface area contributed by atoms with Crippen molar-refractivity contribution in [2.45, 2.75) is 20.0 Å². The molecule has 3 aromatic carbocycles. The summed E-state index contributed by atoms with van der Waals surface area (Å²) >= 11 is 0. The molecule has 1 unspecified atom stereocenters. The Balaban J connectivity index is 2.03. The average Bonchev–Trinajstić information content (AvgIpc) is 2.77. The van der Waals surface area contributed by atoms with Crippen molar-refractivity contribution in [3.8, 4) is 5.75 Å². The summed E-state index contributed by atoms with van der Waals surface area (Å²) in [7, 11) is 0. The highest BCUT2D eigenvalue weighted by Gasteiger charge is 2.21. The topological polar surface area (TPSA) is 12.5 Å². The van der Waals surface area contributed by atoms with Gasteiger partial charge in [-0.1, -0.05) is 92.7 Å². The van der Waals surface area contributed by atoms with Gasteiger partial charge in [0.05, 0.1) is 0 Å². The molecule has 0 fully saturated rings. The number of benzene rings is 3. The summed E-state index contributed by atoms with van der Waals surface area (Å²) in [5, 5.41) is 0. The normalized spacial score (nSPS) is 12.8. The number of ether oxygens (including phenoxy) is 1. The van der Waals surface area contributed by atoms with Crippen molar-refractivity contribution in [1.82, 2.24) is 4.90 Å². The molecule has 0 bridgehead atoms. The minimum absolute atomic E-state index is 0.0649. The highest BCUT2D eigenvalue weighted by Crippen LogP contribution is 2.26. The van der Waals surface area contributed by atoms with E-state index in [2.05, 4.69) is 79.4 Å². The van der Waals surface area contributed by atoms with E-state index in [9.17, 15) is 0 Å². The number of likely N-dealkylation sites (N-methyl/N-ethyl adjacent to an activating group) is 1. The molecule has 0 N–H and O–H groups in total. The van der Waals surface area contributed by atoms with Crippen LogP contribution in [0, 0.1) is 0 Å². The van der Waals surface area contributed by atoms with E-state index in [1.807, 2.05) is 36.4 Å². The van der Waals surface area contributed by atoms with Crippen molar-refractivity contribution >= 4 is 11.6 Å². The van der Waals surface area contributed by atoms with Crippen molar-refractivity contribution < 1.29 is 4.74 Å². The van der Waals surface area contributed by atoms with E-state index in [1.54, 1.807) is 0 Å². The summed E-state index contributed by atoms with van der Waals surface area (Å²) in [6.45, 7) is 7.24. The lowest BCUT2D eigenvalue weighted by molar-refractivity contribution is 0.180. The van der Waals surface area contributed by atoms with E-state index in [0.29, 0.717) is 0 Å². The van der Waals surface area contributed by atoms with E-state index in [4.69, 9.17) is 4.74 Å². The van der Waals surface area contributed by atoms with Gasteiger partial charge in [0.15, 0.2) is 0 Å². The van der Waals surface area contributed by atoms with Gasteiger partial charge in [-0.05, 0) is 42.4 Å². The van der Waals surface area contributed by atoms with Gasteiger partial charge < -0.3 is 4.74 Å². The molecule has 0 aliphatic carbocycles. The monoisotopic (exact) mass is 371 g/mol. The molecule has 3 rings (SSSR count). The number of rotatable bonds is 9. The Kier molecular flexibility index (Phi) is 7.45. The molecule has 0 aromatic heterocycles. The molecule has 144 valence electrons. The summed E-state index contributed by atoms with van der Waals surface area (Å²) in [5.41, 5.74) is 3.57. The van der Waals surface area contributed by atoms with Crippen LogP contribution in [0.15, 0.2) is 91.0 Å². The van der Waals surface area contributed by atoms with Crippen LogP contribution in [0.5, 0.6) is 5.75 Å². The van der Waals surface area contributed by atoms with Crippen LogP contribution in [-0.4, -0.2) is 30.6 Å². The average molecular weight is 372 g/mol. The number of nitrogens with zero attached hydrogens (tertiary/aromatic N) is 1. The third-order valence-electron chi connectivity index (χ3n) is 4.92. The fourth-order valence-corrected chi connectivity index (χ4v) is 3.30. The van der Waals surface area contributed by atoms with Gasteiger partial charge in [0.1, 0.15) is 11.9 Å². The predicted molar refractivity (Wildman–Crippen MR) is 119 cm³/mol. The summed E-state index contributed by atoms with van der Waals surface area (Å²) < 4.78 is 6.53. The molecule has 0 saturated heterocycles. The van der Waals surface area contributed by atoms with Gasteiger partial charge in [-0.3, -0.25) is 4.90 Å². The fraction of sp³-hybridized carbons (Fsp3) is 0.231. The first kappa shape index (κ1) is 19.9. The van der Waals surface area contributed by atoms with E-state index >= 15 is 0 Å². The zero-order valence-electron chi connectivity index (χ0n) is 16.8. The van der Waals surface area contributed by atoms with Gasteiger partial charge in [0.2, 0.25) is 0 Å². The quantitative estimate of drug-likeness (QED) is 0.427. The maximum absolute atomic E-state index is 6.53. The van der Waals surface area contributed by atoms with Crippen LogP contribution in [0.1, 0.15) is 25.0 Å². The summed E-state index contributed by atoms with van der Waals surface area (Å²) in [4.78, 5) is 2.41. The van der Waals surface area contributed by atoms with Crippen molar-refractivity contribution in [3.63, 3.8) is 0 Å². The lowest BCUT2D eigenvalue weighted by Crippen LogP contribution is -2.36. The van der Waals surface area contributed by atoms with Gasteiger partial charge in [-0.15, -0.1) is 0 Å². The smallest absolute Gasteiger partial charge is 0.137 e. The standard InChI is InChI=1S/C26H29NO/c1-3-27(4-2)21-26(28-24-18-12-7-13-19-24)25(23-16-10-6-11-17-23)20-22-14-8-5-9-15-22/h5-20,26H,3-4,21H2,1-2H3. The molecule has 0 amide bonds. The second kappa shape index (κ2) is 10.5. The number of hydrogen-bond donors (Lipinski definition) is 0. The van der Waals surface area contributed by atoms with Crippen molar-refractivity contribution in [3.05, 3.63) is 102 Å². The van der Waals surface area contributed by atoms with Gasteiger partial charge >= 0.3 is 0 Å². The first-order valence-electron chi connectivity index (χ1n) is 10.1. The molecule has 2 nitrogen and oxygen atoms in total. The Morgan fingerprint density at radius 1 is 0.786 bits per heavy atom. The van der Waals surface area contributed by atoms with Crippen molar-refractivity contribution in [1.29, 1.82) is 0 Å². The van der Waals surface area contributed by atoms with Gasteiger partial charge in [-0.25, -0.2) is 0 Å². The van der Waals surface area contributed by atoms with Crippen molar-refractivity contribution in [2.24, 2.45) is 0 Å². The third-order valence-corrected chi connectivity index (χ3v) is 4.92. The molecule has 1 atom stereocenters. The zero-order valence-corrected chi connectivity index (χ0v) is 16.8. The lowest BCUT2D eigenvalue weighted by Gasteiger charge is -2.28. The Morgan fingerprint density at radius 2 is 1.32 bits per heavy atom.